The summed E-state index contributed by atoms with van der Waals surface area (Å²) in [4.78, 5) is 16.1. The van der Waals surface area contributed by atoms with Gasteiger partial charge in [-0.2, -0.15) is 0 Å². The van der Waals surface area contributed by atoms with Gasteiger partial charge in [-0.1, -0.05) is 25.5 Å². The second-order valence-corrected chi connectivity index (χ2v) is 7.16. The third-order valence-electron chi connectivity index (χ3n) is 5.81. The quantitative estimate of drug-likeness (QED) is 0.712. The van der Waals surface area contributed by atoms with Crippen molar-refractivity contribution in [1.29, 1.82) is 0 Å². The lowest BCUT2D eigenvalue weighted by molar-refractivity contribution is -0.129. The van der Waals surface area contributed by atoms with E-state index in [4.69, 9.17) is 0 Å². The standard InChI is InChI=1S/C16H26N2O/c1-16(2)13-5-4-12(14(16)10-13)11-18-7-6-15(19)17(3)8-9-18/h4,13-14H,5-11H2,1-3H3/t13-,14-/m0/s1. The van der Waals surface area contributed by atoms with Crippen LogP contribution in [0.1, 0.15) is 33.1 Å². The summed E-state index contributed by atoms with van der Waals surface area (Å²) in [5.74, 6) is 2.00. The lowest BCUT2D eigenvalue weighted by Gasteiger charge is -2.57. The molecule has 0 aromatic rings. The maximum atomic E-state index is 11.7. The first-order valence-electron chi connectivity index (χ1n) is 7.63. The van der Waals surface area contributed by atoms with E-state index in [1.165, 1.54) is 12.8 Å². The van der Waals surface area contributed by atoms with Crippen molar-refractivity contribution < 1.29 is 4.79 Å². The Kier molecular flexibility index (Phi) is 3.20. The Labute approximate surface area is 116 Å². The molecule has 3 heteroatoms. The molecular formula is C16H26N2O. The number of hydrogen-bond acceptors (Lipinski definition) is 2. The summed E-state index contributed by atoms with van der Waals surface area (Å²) in [5, 5.41) is 0. The maximum Gasteiger partial charge on any atom is 0.223 e. The number of fused-ring (bicyclic) bond motifs is 1. The van der Waals surface area contributed by atoms with Crippen LogP contribution in [-0.2, 0) is 4.79 Å². The second-order valence-electron chi connectivity index (χ2n) is 7.16. The summed E-state index contributed by atoms with van der Waals surface area (Å²) in [6.07, 6.45) is 5.83. The van der Waals surface area contributed by atoms with Gasteiger partial charge in [-0.3, -0.25) is 9.69 Å². The van der Waals surface area contributed by atoms with E-state index in [1.807, 2.05) is 11.9 Å². The van der Waals surface area contributed by atoms with E-state index in [9.17, 15) is 4.79 Å². The Morgan fingerprint density at radius 3 is 2.79 bits per heavy atom. The van der Waals surface area contributed by atoms with E-state index < -0.39 is 0 Å². The first kappa shape index (κ1) is 13.2. The average Bonchev–Trinajstić information content (AvgIpc) is 2.54. The van der Waals surface area contributed by atoms with Crippen molar-refractivity contribution in [3.05, 3.63) is 11.6 Å². The van der Waals surface area contributed by atoms with Crippen molar-refractivity contribution in [1.82, 2.24) is 9.80 Å². The molecule has 0 spiro atoms. The van der Waals surface area contributed by atoms with Gasteiger partial charge in [-0.25, -0.2) is 0 Å². The highest BCUT2D eigenvalue weighted by molar-refractivity contribution is 5.76. The highest BCUT2D eigenvalue weighted by Gasteiger charge is 2.51. The summed E-state index contributed by atoms with van der Waals surface area (Å²) in [5.41, 5.74) is 2.16. The molecule has 0 radical (unpaired) electrons. The van der Waals surface area contributed by atoms with Crippen LogP contribution in [0.3, 0.4) is 0 Å². The number of likely N-dealkylation sites (N-methyl/N-ethyl adjacent to an activating group) is 1. The van der Waals surface area contributed by atoms with Crippen LogP contribution in [0.15, 0.2) is 11.6 Å². The smallest absolute Gasteiger partial charge is 0.223 e. The molecule has 2 atom stereocenters. The second kappa shape index (κ2) is 4.62. The fourth-order valence-corrected chi connectivity index (χ4v) is 4.04. The Bertz CT molecular complexity index is 413. The van der Waals surface area contributed by atoms with Crippen LogP contribution in [0.2, 0.25) is 0 Å². The average molecular weight is 262 g/mol. The van der Waals surface area contributed by atoms with Crippen molar-refractivity contribution in [3.63, 3.8) is 0 Å². The van der Waals surface area contributed by atoms with Gasteiger partial charge in [-0.15, -0.1) is 0 Å². The first-order chi connectivity index (χ1) is 8.98. The Hall–Kier alpha value is -0.830. The van der Waals surface area contributed by atoms with Crippen molar-refractivity contribution in [2.75, 3.05) is 33.2 Å². The lowest BCUT2D eigenvalue weighted by Crippen LogP contribution is -2.50. The zero-order chi connectivity index (χ0) is 13.6. The van der Waals surface area contributed by atoms with Gasteiger partial charge in [0.25, 0.3) is 0 Å². The van der Waals surface area contributed by atoms with Crippen molar-refractivity contribution in [2.24, 2.45) is 17.3 Å². The van der Waals surface area contributed by atoms with E-state index in [2.05, 4.69) is 24.8 Å². The van der Waals surface area contributed by atoms with Gasteiger partial charge in [0.15, 0.2) is 0 Å². The van der Waals surface area contributed by atoms with Crippen LogP contribution in [0.25, 0.3) is 0 Å². The first-order valence-corrected chi connectivity index (χ1v) is 7.63. The normalized spacial score (nSPS) is 34.6. The van der Waals surface area contributed by atoms with Gasteiger partial charge in [0, 0.05) is 39.6 Å². The minimum Gasteiger partial charge on any atom is -0.344 e. The Morgan fingerprint density at radius 1 is 1.32 bits per heavy atom. The Morgan fingerprint density at radius 2 is 2.11 bits per heavy atom. The molecule has 0 N–H and O–H groups in total. The number of rotatable bonds is 2. The molecule has 1 aliphatic heterocycles. The van der Waals surface area contributed by atoms with Gasteiger partial charge < -0.3 is 4.90 Å². The fourth-order valence-electron chi connectivity index (χ4n) is 4.04. The molecule has 2 bridgehead atoms. The zero-order valence-electron chi connectivity index (χ0n) is 12.5. The van der Waals surface area contributed by atoms with Crippen molar-refractivity contribution in [2.45, 2.75) is 33.1 Å². The topological polar surface area (TPSA) is 23.6 Å². The van der Waals surface area contributed by atoms with Crippen LogP contribution in [0.4, 0.5) is 0 Å². The fraction of sp³-hybridized carbons (Fsp3) is 0.812. The highest BCUT2D eigenvalue weighted by atomic mass is 16.2. The summed E-state index contributed by atoms with van der Waals surface area (Å²) in [6.45, 7) is 8.77. The van der Waals surface area contributed by atoms with Crippen molar-refractivity contribution in [3.8, 4) is 0 Å². The molecule has 2 fully saturated rings. The highest BCUT2D eigenvalue weighted by Crippen LogP contribution is 2.59. The largest absolute Gasteiger partial charge is 0.344 e. The summed E-state index contributed by atoms with van der Waals surface area (Å²) < 4.78 is 0. The van der Waals surface area contributed by atoms with Gasteiger partial charge in [0.05, 0.1) is 0 Å². The number of hydrogen-bond donors (Lipinski definition) is 0. The monoisotopic (exact) mass is 262 g/mol. The molecule has 0 aromatic carbocycles. The number of allylic oxidation sites excluding steroid dienone is 1. The van der Waals surface area contributed by atoms with Gasteiger partial charge >= 0.3 is 0 Å². The van der Waals surface area contributed by atoms with E-state index in [0.717, 1.165) is 38.0 Å². The molecule has 0 aromatic heterocycles. The molecular weight excluding hydrogens is 236 g/mol. The van der Waals surface area contributed by atoms with Gasteiger partial charge in [0.1, 0.15) is 0 Å². The third-order valence-corrected chi connectivity index (χ3v) is 5.81. The van der Waals surface area contributed by atoms with Crippen molar-refractivity contribution >= 4 is 5.91 Å². The van der Waals surface area contributed by atoms with Gasteiger partial charge in [-0.05, 0) is 30.1 Å². The number of amides is 1. The Balaban J connectivity index is 1.63. The van der Waals surface area contributed by atoms with E-state index in [1.54, 1.807) is 5.57 Å². The van der Waals surface area contributed by atoms with E-state index in [0.29, 0.717) is 17.7 Å². The summed E-state index contributed by atoms with van der Waals surface area (Å²) >= 11 is 0. The van der Waals surface area contributed by atoms with Gasteiger partial charge in [0.2, 0.25) is 5.91 Å². The maximum absolute atomic E-state index is 11.7. The summed E-state index contributed by atoms with van der Waals surface area (Å²) in [7, 11) is 1.92. The number of nitrogens with zero attached hydrogens (tertiary/aromatic N) is 2. The molecule has 0 unspecified atom stereocenters. The molecule has 4 rings (SSSR count). The lowest BCUT2D eigenvalue weighted by atomic mass is 9.49. The number of carbonyl (C=O) groups is 1. The molecule has 3 nitrogen and oxygen atoms in total. The number of carbonyl (C=O) groups excluding carboxylic acids is 1. The van der Waals surface area contributed by atoms with E-state index >= 15 is 0 Å². The predicted octanol–water partition coefficient (Wildman–Crippen LogP) is 2.14. The zero-order valence-corrected chi connectivity index (χ0v) is 12.5. The molecule has 1 saturated carbocycles. The summed E-state index contributed by atoms with van der Waals surface area (Å²) in [6, 6.07) is 0. The molecule has 4 aliphatic rings. The third kappa shape index (κ3) is 2.22. The molecule has 1 heterocycles. The predicted molar refractivity (Wildman–Crippen MR) is 76.8 cm³/mol. The van der Waals surface area contributed by atoms with Crippen LogP contribution in [0, 0.1) is 17.3 Å². The molecule has 106 valence electrons. The van der Waals surface area contributed by atoms with Crippen LogP contribution in [-0.4, -0.2) is 48.9 Å². The van der Waals surface area contributed by atoms with E-state index in [-0.39, 0.29) is 0 Å². The minimum atomic E-state index is 0.296. The minimum absolute atomic E-state index is 0.296. The molecule has 1 saturated heterocycles. The molecule has 19 heavy (non-hydrogen) atoms. The SMILES string of the molecule is CN1CCN(CC2=CC[C@H]3C[C@@H]2C3(C)C)CCC1=O. The molecule has 3 aliphatic carbocycles. The van der Waals surface area contributed by atoms with Crippen LogP contribution >= 0.6 is 0 Å². The van der Waals surface area contributed by atoms with Crippen LogP contribution < -0.4 is 0 Å². The van der Waals surface area contributed by atoms with Crippen LogP contribution in [0.5, 0.6) is 0 Å². The molecule has 1 amide bonds.